The number of aryl methyl sites for hydroxylation is 1. The van der Waals surface area contributed by atoms with Crippen molar-refractivity contribution in [3.8, 4) is 23.3 Å². The summed E-state index contributed by atoms with van der Waals surface area (Å²) < 4.78 is 0. The number of fused-ring (bicyclic) bond motifs is 1. The number of rotatable bonds is 4. The van der Waals surface area contributed by atoms with Crippen LogP contribution >= 0.6 is 0 Å². The van der Waals surface area contributed by atoms with Crippen LogP contribution in [0, 0.1) is 28.6 Å². The normalized spacial score (nSPS) is 15.9. The number of nitrogens with two attached hydrogens (primary N) is 1. The first-order valence-electron chi connectivity index (χ1n) is 8.89. The van der Waals surface area contributed by atoms with Crippen molar-refractivity contribution >= 4 is 5.82 Å². The van der Waals surface area contributed by atoms with Gasteiger partial charge in [0.2, 0.25) is 0 Å². The van der Waals surface area contributed by atoms with Crippen molar-refractivity contribution in [1.29, 1.82) is 10.5 Å². The average molecular weight is 330 g/mol. The van der Waals surface area contributed by atoms with Crippen molar-refractivity contribution in [3.05, 3.63) is 46.6 Å². The van der Waals surface area contributed by atoms with Gasteiger partial charge in [-0.05, 0) is 48.4 Å². The van der Waals surface area contributed by atoms with Crippen LogP contribution in [0.2, 0.25) is 0 Å². The molecule has 0 spiro atoms. The van der Waals surface area contributed by atoms with Crippen molar-refractivity contribution in [2.45, 2.75) is 45.4 Å². The Morgan fingerprint density at radius 2 is 1.96 bits per heavy atom. The Bertz CT molecular complexity index is 853. The minimum Gasteiger partial charge on any atom is -0.383 e. The van der Waals surface area contributed by atoms with Gasteiger partial charge in [0.15, 0.2) is 0 Å². The van der Waals surface area contributed by atoms with Gasteiger partial charge in [-0.1, -0.05) is 38.3 Å². The van der Waals surface area contributed by atoms with E-state index < -0.39 is 0 Å². The van der Waals surface area contributed by atoms with Crippen LogP contribution in [0.15, 0.2) is 24.3 Å². The summed E-state index contributed by atoms with van der Waals surface area (Å²) in [4.78, 5) is 4.52. The number of hydrogen-bond donors (Lipinski definition) is 1. The molecule has 0 saturated heterocycles. The Labute approximate surface area is 148 Å². The van der Waals surface area contributed by atoms with Crippen LogP contribution in [0.4, 0.5) is 5.82 Å². The van der Waals surface area contributed by atoms with E-state index in [1.165, 1.54) is 24.8 Å². The highest BCUT2D eigenvalue weighted by Crippen LogP contribution is 2.38. The van der Waals surface area contributed by atoms with Crippen LogP contribution in [0.5, 0.6) is 0 Å². The number of pyridine rings is 1. The first-order valence-corrected chi connectivity index (χ1v) is 8.89. The molecule has 0 saturated carbocycles. The van der Waals surface area contributed by atoms with Crippen LogP contribution in [0.1, 0.15) is 55.0 Å². The molecule has 126 valence electrons. The van der Waals surface area contributed by atoms with Gasteiger partial charge in [-0.25, -0.2) is 4.98 Å². The molecule has 1 atom stereocenters. The molecule has 4 nitrogen and oxygen atoms in total. The molecule has 1 unspecified atom stereocenters. The topological polar surface area (TPSA) is 86.5 Å². The molecular formula is C21H22N4. The molecule has 2 aromatic rings. The number of aromatic nitrogens is 1. The minimum absolute atomic E-state index is 0.313. The molecule has 0 aliphatic heterocycles. The first kappa shape index (κ1) is 17.0. The van der Waals surface area contributed by atoms with Gasteiger partial charge in [-0.15, -0.1) is 0 Å². The Morgan fingerprint density at radius 3 is 2.60 bits per heavy atom. The van der Waals surface area contributed by atoms with Gasteiger partial charge in [0, 0.05) is 11.3 Å². The molecule has 0 amide bonds. The number of unbranched alkanes of at least 4 members (excludes halogenated alkanes) is 1. The van der Waals surface area contributed by atoms with E-state index in [9.17, 15) is 5.26 Å². The number of nitrogen functional groups attached to an aromatic ring is 1. The lowest BCUT2D eigenvalue weighted by atomic mass is 9.79. The summed E-state index contributed by atoms with van der Waals surface area (Å²) in [7, 11) is 0. The molecule has 1 aliphatic rings. The lowest BCUT2D eigenvalue weighted by Gasteiger charge is -2.27. The summed E-state index contributed by atoms with van der Waals surface area (Å²) >= 11 is 0. The van der Waals surface area contributed by atoms with Crippen LogP contribution in [0.25, 0.3) is 11.1 Å². The first-order chi connectivity index (χ1) is 12.2. The number of nitriles is 2. The zero-order valence-corrected chi connectivity index (χ0v) is 14.5. The van der Waals surface area contributed by atoms with Crippen LogP contribution in [0.3, 0.4) is 0 Å². The van der Waals surface area contributed by atoms with E-state index >= 15 is 0 Å². The lowest BCUT2D eigenvalue weighted by Crippen LogP contribution is -2.18. The Kier molecular flexibility index (Phi) is 5.00. The monoisotopic (exact) mass is 330 g/mol. The second-order valence-corrected chi connectivity index (χ2v) is 6.72. The fourth-order valence-electron chi connectivity index (χ4n) is 3.73. The van der Waals surface area contributed by atoms with Crippen molar-refractivity contribution in [2.75, 3.05) is 5.73 Å². The Morgan fingerprint density at radius 1 is 1.20 bits per heavy atom. The molecule has 1 aromatic heterocycles. The maximum Gasteiger partial charge on any atom is 0.142 e. The zero-order chi connectivity index (χ0) is 17.8. The van der Waals surface area contributed by atoms with E-state index in [2.05, 4.69) is 24.0 Å². The van der Waals surface area contributed by atoms with E-state index in [0.717, 1.165) is 36.1 Å². The molecule has 0 radical (unpaired) electrons. The molecular weight excluding hydrogens is 308 g/mol. The molecule has 2 N–H and O–H groups in total. The van der Waals surface area contributed by atoms with Gasteiger partial charge in [-0.2, -0.15) is 10.5 Å². The van der Waals surface area contributed by atoms with Gasteiger partial charge in [-0.3, -0.25) is 0 Å². The summed E-state index contributed by atoms with van der Waals surface area (Å²) in [5.74, 6) is 0.953. The number of hydrogen-bond acceptors (Lipinski definition) is 4. The minimum atomic E-state index is 0.313. The van der Waals surface area contributed by atoms with Gasteiger partial charge >= 0.3 is 0 Å². The highest BCUT2D eigenvalue weighted by Gasteiger charge is 2.26. The molecule has 1 aliphatic carbocycles. The molecule has 4 heteroatoms. The van der Waals surface area contributed by atoms with E-state index in [1.807, 2.05) is 12.1 Å². The summed E-state index contributed by atoms with van der Waals surface area (Å²) in [5, 5.41) is 18.7. The Hall–Kier alpha value is -2.85. The molecule has 0 bridgehead atoms. The third-order valence-corrected chi connectivity index (χ3v) is 5.07. The summed E-state index contributed by atoms with van der Waals surface area (Å²) in [6.45, 7) is 2.22. The number of nitrogens with zero attached hydrogens (tertiary/aromatic N) is 3. The molecule has 25 heavy (non-hydrogen) atoms. The third-order valence-electron chi connectivity index (χ3n) is 5.07. The molecule has 0 fully saturated rings. The van der Waals surface area contributed by atoms with E-state index in [-0.39, 0.29) is 0 Å². The summed E-state index contributed by atoms with van der Waals surface area (Å²) in [6.07, 6.45) is 6.66. The second kappa shape index (κ2) is 7.36. The molecule has 3 rings (SSSR count). The smallest absolute Gasteiger partial charge is 0.142 e. The SMILES string of the molecule is CCCCC1CCc2nc(N)c(C#N)c(-c3ccc(C#N)cc3)c2C1. The van der Waals surface area contributed by atoms with Gasteiger partial charge in [0.25, 0.3) is 0 Å². The van der Waals surface area contributed by atoms with Crippen molar-refractivity contribution < 1.29 is 0 Å². The van der Waals surface area contributed by atoms with Crippen LogP contribution < -0.4 is 5.73 Å². The van der Waals surface area contributed by atoms with E-state index in [0.29, 0.717) is 22.9 Å². The van der Waals surface area contributed by atoms with E-state index in [4.69, 9.17) is 11.0 Å². The fourth-order valence-corrected chi connectivity index (χ4v) is 3.73. The zero-order valence-electron chi connectivity index (χ0n) is 14.5. The lowest BCUT2D eigenvalue weighted by molar-refractivity contribution is 0.409. The highest BCUT2D eigenvalue weighted by atomic mass is 14.9. The largest absolute Gasteiger partial charge is 0.383 e. The van der Waals surface area contributed by atoms with Gasteiger partial charge < -0.3 is 5.73 Å². The molecule has 1 aromatic carbocycles. The fraction of sp³-hybridized carbons (Fsp3) is 0.381. The maximum atomic E-state index is 9.65. The van der Waals surface area contributed by atoms with Gasteiger partial charge in [0.05, 0.1) is 11.6 Å². The summed E-state index contributed by atoms with van der Waals surface area (Å²) in [6, 6.07) is 11.8. The summed E-state index contributed by atoms with van der Waals surface area (Å²) in [5.41, 5.74) is 11.2. The quantitative estimate of drug-likeness (QED) is 0.901. The van der Waals surface area contributed by atoms with Crippen molar-refractivity contribution in [1.82, 2.24) is 4.98 Å². The van der Waals surface area contributed by atoms with Crippen molar-refractivity contribution in [3.63, 3.8) is 0 Å². The van der Waals surface area contributed by atoms with E-state index in [1.54, 1.807) is 12.1 Å². The predicted molar refractivity (Wildman–Crippen MR) is 98.6 cm³/mol. The Balaban J connectivity index is 2.11. The van der Waals surface area contributed by atoms with Crippen LogP contribution in [-0.4, -0.2) is 4.98 Å². The second-order valence-electron chi connectivity index (χ2n) is 6.72. The average Bonchev–Trinajstić information content (AvgIpc) is 2.65. The molecule has 1 heterocycles. The number of benzene rings is 1. The third kappa shape index (κ3) is 3.35. The standard InChI is InChI=1S/C21H22N4/c1-2-3-4-14-7-10-19-17(11-14)20(18(13-23)21(24)25-19)16-8-5-15(12-22)6-9-16/h5-6,8-9,14H,2-4,7,10-11H2,1H3,(H2,24,25). The highest BCUT2D eigenvalue weighted by molar-refractivity contribution is 5.79. The predicted octanol–water partition coefficient (Wildman–Crippen LogP) is 4.37. The van der Waals surface area contributed by atoms with Gasteiger partial charge in [0.1, 0.15) is 17.5 Å². The van der Waals surface area contributed by atoms with Crippen LogP contribution in [-0.2, 0) is 12.8 Å². The van der Waals surface area contributed by atoms with Crippen molar-refractivity contribution in [2.24, 2.45) is 5.92 Å². The number of anilines is 1. The maximum absolute atomic E-state index is 9.65.